The second kappa shape index (κ2) is 8.34. The van der Waals surface area contributed by atoms with Crippen LogP contribution in [-0.2, 0) is 11.2 Å². The summed E-state index contributed by atoms with van der Waals surface area (Å²) in [6.45, 7) is 4.30. The van der Waals surface area contributed by atoms with Gasteiger partial charge in [-0.05, 0) is 55.7 Å². The number of anilines is 2. The van der Waals surface area contributed by atoms with Gasteiger partial charge in [-0.3, -0.25) is 4.79 Å². The number of nitrogens with zero attached hydrogens (tertiary/aromatic N) is 1. The number of hydrogen-bond acceptors (Lipinski definition) is 3. The number of furan rings is 1. The quantitative estimate of drug-likeness (QED) is 0.626. The first kappa shape index (κ1) is 18.4. The first-order valence-corrected chi connectivity index (χ1v) is 9.98. The van der Waals surface area contributed by atoms with Crippen molar-refractivity contribution in [3.63, 3.8) is 0 Å². The van der Waals surface area contributed by atoms with Gasteiger partial charge in [0.1, 0.15) is 11.5 Å². The fourth-order valence-corrected chi connectivity index (χ4v) is 3.68. The van der Waals surface area contributed by atoms with E-state index in [1.165, 1.54) is 18.5 Å². The van der Waals surface area contributed by atoms with Crippen molar-refractivity contribution in [1.82, 2.24) is 0 Å². The van der Waals surface area contributed by atoms with Crippen LogP contribution >= 0.6 is 0 Å². The molecule has 1 fully saturated rings. The number of carbonyl (C=O) groups excluding carboxylic acids is 1. The predicted octanol–water partition coefficient (Wildman–Crippen LogP) is 5.43. The molecule has 2 heterocycles. The number of aryl methyl sites for hydroxylation is 2. The van der Waals surface area contributed by atoms with Gasteiger partial charge in [-0.2, -0.15) is 0 Å². The summed E-state index contributed by atoms with van der Waals surface area (Å²) in [7, 11) is 0. The van der Waals surface area contributed by atoms with Crippen molar-refractivity contribution in [2.45, 2.75) is 32.6 Å². The minimum atomic E-state index is 0.00897. The maximum Gasteiger partial charge on any atom is 0.224 e. The van der Waals surface area contributed by atoms with Gasteiger partial charge in [0.15, 0.2) is 0 Å². The van der Waals surface area contributed by atoms with Gasteiger partial charge in [0.05, 0.1) is 0 Å². The van der Waals surface area contributed by atoms with Crippen LogP contribution in [0.4, 0.5) is 11.4 Å². The fraction of sp³-hybridized carbons (Fsp3) is 0.292. The highest BCUT2D eigenvalue weighted by atomic mass is 16.3. The second-order valence-electron chi connectivity index (χ2n) is 7.37. The third-order valence-corrected chi connectivity index (χ3v) is 5.27. The van der Waals surface area contributed by atoms with Crippen LogP contribution in [0.5, 0.6) is 0 Å². The molecule has 4 nitrogen and oxygen atoms in total. The Balaban J connectivity index is 1.33. The summed E-state index contributed by atoms with van der Waals surface area (Å²) in [5, 5.41) is 3.04. The maximum atomic E-state index is 12.4. The molecule has 1 saturated heterocycles. The molecular formula is C24H26N2O2. The van der Waals surface area contributed by atoms with E-state index in [9.17, 15) is 4.79 Å². The minimum absolute atomic E-state index is 0.00897. The maximum absolute atomic E-state index is 12.4. The lowest BCUT2D eigenvalue weighted by molar-refractivity contribution is -0.116. The highest BCUT2D eigenvalue weighted by Crippen LogP contribution is 2.26. The second-order valence-corrected chi connectivity index (χ2v) is 7.37. The molecule has 0 aliphatic carbocycles. The molecule has 28 heavy (non-hydrogen) atoms. The van der Waals surface area contributed by atoms with Crippen molar-refractivity contribution in [2.75, 3.05) is 23.3 Å². The number of carbonyl (C=O) groups is 1. The van der Waals surface area contributed by atoms with Crippen LogP contribution in [0.2, 0.25) is 0 Å². The third-order valence-electron chi connectivity index (χ3n) is 5.27. The van der Waals surface area contributed by atoms with E-state index in [2.05, 4.69) is 22.3 Å². The topological polar surface area (TPSA) is 45.5 Å². The van der Waals surface area contributed by atoms with Gasteiger partial charge in [-0.1, -0.05) is 30.3 Å². The van der Waals surface area contributed by atoms with Crippen molar-refractivity contribution < 1.29 is 9.21 Å². The van der Waals surface area contributed by atoms with Crippen molar-refractivity contribution >= 4 is 17.3 Å². The highest BCUT2D eigenvalue weighted by molar-refractivity contribution is 5.91. The van der Waals surface area contributed by atoms with Crippen molar-refractivity contribution in [1.29, 1.82) is 0 Å². The summed E-state index contributed by atoms with van der Waals surface area (Å²) in [4.78, 5) is 14.8. The molecule has 1 aliphatic heterocycles. The molecule has 4 heteroatoms. The molecule has 0 unspecified atom stereocenters. The van der Waals surface area contributed by atoms with Gasteiger partial charge in [0, 0.05) is 42.9 Å². The smallest absolute Gasteiger partial charge is 0.224 e. The molecule has 2 aromatic carbocycles. The van der Waals surface area contributed by atoms with Crippen molar-refractivity contribution in [3.05, 3.63) is 72.0 Å². The first-order chi connectivity index (χ1) is 13.7. The lowest BCUT2D eigenvalue weighted by Crippen LogP contribution is -2.18. The van der Waals surface area contributed by atoms with E-state index in [0.29, 0.717) is 12.8 Å². The van der Waals surface area contributed by atoms with Crippen LogP contribution in [0, 0.1) is 6.92 Å². The van der Waals surface area contributed by atoms with Crippen LogP contribution in [0.15, 0.2) is 65.1 Å². The molecule has 0 radical (unpaired) electrons. The SMILES string of the molecule is Cc1cc(N2CCCC2)ccc1NC(=O)CCc1ccc(-c2ccccc2)o1. The molecule has 3 aromatic rings. The van der Waals surface area contributed by atoms with Gasteiger partial charge >= 0.3 is 0 Å². The summed E-state index contributed by atoms with van der Waals surface area (Å²) in [5.41, 5.74) is 4.28. The summed E-state index contributed by atoms with van der Waals surface area (Å²) >= 11 is 0. The Kier molecular flexibility index (Phi) is 5.47. The predicted molar refractivity (Wildman–Crippen MR) is 114 cm³/mol. The normalized spacial score (nSPS) is 13.7. The zero-order valence-corrected chi connectivity index (χ0v) is 16.3. The molecule has 0 spiro atoms. The largest absolute Gasteiger partial charge is 0.461 e. The Bertz CT molecular complexity index is 940. The molecule has 0 saturated carbocycles. The lowest BCUT2D eigenvalue weighted by atomic mass is 10.1. The summed E-state index contributed by atoms with van der Waals surface area (Å²) in [5.74, 6) is 1.68. The molecule has 0 bridgehead atoms. The van der Waals surface area contributed by atoms with E-state index in [1.807, 2.05) is 55.5 Å². The van der Waals surface area contributed by atoms with Gasteiger partial charge in [-0.15, -0.1) is 0 Å². The van der Waals surface area contributed by atoms with E-state index < -0.39 is 0 Å². The number of rotatable bonds is 6. The third kappa shape index (κ3) is 4.28. The Morgan fingerprint density at radius 1 is 1.04 bits per heavy atom. The van der Waals surface area contributed by atoms with E-state index in [-0.39, 0.29) is 5.91 Å². The van der Waals surface area contributed by atoms with Crippen LogP contribution in [0.3, 0.4) is 0 Å². The molecule has 4 rings (SSSR count). The number of nitrogens with one attached hydrogen (secondary N) is 1. The molecule has 1 aromatic heterocycles. The lowest BCUT2D eigenvalue weighted by Gasteiger charge is -2.19. The molecule has 144 valence electrons. The molecular weight excluding hydrogens is 348 g/mol. The van der Waals surface area contributed by atoms with Gasteiger partial charge < -0.3 is 14.6 Å². The van der Waals surface area contributed by atoms with Gasteiger partial charge in [0.2, 0.25) is 5.91 Å². The molecule has 1 amide bonds. The number of benzene rings is 2. The Morgan fingerprint density at radius 3 is 2.57 bits per heavy atom. The summed E-state index contributed by atoms with van der Waals surface area (Å²) in [6.07, 6.45) is 3.51. The van der Waals surface area contributed by atoms with Crippen molar-refractivity contribution in [3.8, 4) is 11.3 Å². The van der Waals surface area contributed by atoms with E-state index in [0.717, 1.165) is 41.4 Å². The van der Waals surface area contributed by atoms with E-state index in [4.69, 9.17) is 4.42 Å². The summed E-state index contributed by atoms with van der Waals surface area (Å²) < 4.78 is 5.88. The van der Waals surface area contributed by atoms with Crippen molar-refractivity contribution in [2.24, 2.45) is 0 Å². The minimum Gasteiger partial charge on any atom is -0.461 e. The number of hydrogen-bond donors (Lipinski definition) is 1. The average molecular weight is 374 g/mol. The zero-order chi connectivity index (χ0) is 19.3. The van der Waals surface area contributed by atoms with Crippen LogP contribution < -0.4 is 10.2 Å². The van der Waals surface area contributed by atoms with E-state index in [1.54, 1.807) is 0 Å². The van der Waals surface area contributed by atoms with Crippen LogP contribution in [-0.4, -0.2) is 19.0 Å². The molecule has 1 N–H and O–H groups in total. The molecule has 0 atom stereocenters. The zero-order valence-electron chi connectivity index (χ0n) is 16.3. The van der Waals surface area contributed by atoms with Crippen LogP contribution in [0.1, 0.15) is 30.6 Å². The highest BCUT2D eigenvalue weighted by Gasteiger charge is 2.14. The van der Waals surface area contributed by atoms with Crippen LogP contribution in [0.25, 0.3) is 11.3 Å². The number of amides is 1. The Labute approximate surface area is 166 Å². The Hall–Kier alpha value is -3.01. The van der Waals surface area contributed by atoms with Gasteiger partial charge in [-0.25, -0.2) is 0 Å². The average Bonchev–Trinajstić information content (AvgIpc) is 3.41. The monoisotopic (exact) mass is 374 g/mol. The Morgan fingerprint density at radius 2 is 1.82 bits per heavy atom. The van der Waals surface area contributed by atoms with Gasteiger partial charge in [0.25, 0.3) is 0 Å². The summed E-state index contributed by atoms with van der Waals surface area (Å²) in [6, 6.07) is 20.2. The molecule has 1 aliphatic rings. The fourth-order valence-electron chi connectivity index (χ4n) is 3.68. The standard InChI is InChI=1S/C24H26N2O2/c1-18-17-20(26-15-5-6-16-26)9-12-22(18)25-24(27)14-11-21-10-13-23(28-21)19-7-3-2-4-8-19/h2-4,7-10,12-13,17H,5-6,11,14-16H2,1H3,(H,25,27). The first-order valence-electron chi connectivity index (χ1n) is 9.98. The van der Waals surface area contributed by atoms with E-state index >= 15 is 0 Å².